The van der Waals surface area contributed by atoms with Gasteiger partial charge in [-0.15, -0.1) is 0 Å². The van der Waals surface area contributed by atoms with Crippen LogP contribution in [0.4, 0.5) is 0 Å². The van der Waals surface area contributed by atoms with Gasteiger partial charge in [0, 0.05) is 19.4 Å². The molecule has 11 N–H and O–H groups in total. The first-order valence-electron chi connectivity index (χ1n) is 24.2. The molecule has 0 amide bonds. The molecule has 0 spiro atoms. The highest BCUT2D eigenvalue weighted by atomic mass is 16.8. The molecule has 4 aliphatic heterocycles. The molecule has 4 aliphatic carbocycles. The number of hydrogen-bond acceptors (Lipinski definition) is 19. The number of methoxy groups -OCH3 is 1. The second kappa shape index (κ2) is 19.8. The van der Waals surface area contributed by atoms with Gasteiger partial charge in [0.25, 0.3) is 0 Å². The zero-order valence-electron chi connectivity index (χ0n) is 38.4. The maximum Gasteiger partial charge on any atom is 0.187 e. The van der Waals surface area contributed by atoms with Gasteiger partial charge in [-0.05, 0) is 104 Å². The van der Waals surface area contributed by atoms with Gasteiger partial charge in [-0.1, -0.05) is 27.7 Å². The summed E-state index contributed by atoms with van der Waals surface area (Å²) in [6, 6.07) is 0. The Balaban J connectivity index is 0.880. The molecule has 0 aromatic rings. The molecule has 4 heterocycles. The number of aliphatic hydroxyl groups is 11. The summed E-state index contributed by atoms with van der Waals surface area (Å²) < 4.78 is 48.8. The highest BCUT2D eigenvalue weighted by Gasteiger charge is 2.69. The first-order chi connectivity index (χ1) is 30.9. The van der Waals surface area contributed by atoms with Crippen LogP contribution in [0.2, 0.25) is 0 Å². The van der Waals surface area contributed by atoms with E-state index in [-0.39, 0.29) is 41.5 Å². The highest BCUT2D eigenvalue weighted by Crippen LogP contribution is 2.71. The zero-order chi connectivity index (χ0) is 46.9. The Morgan fingerprint density at radius 3 is 1.85 bits per heavy atom. The summed E-state index contributed by atoms with van der Waals surface area (Å²) in [6.07, 6.45) is -12.7. The van der Waals surface area contributed by atoms with Crippen molar-refractivity contribution < 1.29 is 94.1 Å². The van der Waals surface area contributed by atoms with Gasteiger partial charge in [0.1, 0.15) is 73.2 Å². The molecule has 0 radical (unpaired) electrons. The Bertz CT molecular complexity index is 1580. The van der Waals surface area contributed by atoms with Gasteiger partial charge in [0.2, 0.25) is 0 Å². The molecule has 8 aliphatic rings. The van der Waals surface area contributed by atoms with Gasteiger partial charge in [0.15, 0.2) is 24.7 Å². The number of fused-ring (bicyclic) bond motifs is 7. The standard InChI is InChI=1S/C46H78O19/c1-20(19-59-41-38(56)35(53)32(50)28(16-47)61-41)8-13-46(58-5)21(2)31-27(65-46)15-26-24-7-6-22-14-23(9-11-44(22,3)25(24)10-12-45(26,31)4)60-43-40(37(55)34(52)30(18-49)63-43)64-42-39(57)36(54)33(51)29(17-48)62-42/h20-43,47-57H,6-19H2,1-5H3/t20-,21-,22+,23-,24+,25-,26-,27-,28+,29+,30+,31-,32+,33+,34-,35-,36-,37-,38+,39+,40+,41+,42-,43+,44-,45-,46-/m0/s1. The third kappa shape index (κ3) is 8.90. The maximum absolute atomic E-state index is 11.2. The first-order valence-corrected chi connectivity index (χ1v) is 24.2. The molecule has 376 valence electrons. The Morgan fingerprint density at radius 1 is 0.631 bits per heavy atom. The summed E-state index contributed by atoms with van der Waals surface area (Å²) in [5, 5.41) is 113. The molecule has 4 saturated heterocycles. The second-order valence-electron chi connectivity index (χ2n) is 21.6. The van der Waals surface area contributed by atoms with Crippen molar-refractivity contribution in [3.05, 3.63) is 0 Å². The SMILES string of the molecule is CO[C@@]1(CC[C@H](C)CO[C@@H]2O[C@H](CO)[C@@H](O)[C@H](O)[C@H]2O)O[C@H]2C[C@H]3[C@@H]4CC[C@@H]5C[C@@H](O[C@@H]6O[C@H](CO)[C@H](O)[C@H](O)[C@H]6O[C@@H]6O[C@H](CO)[C@@H](O)[C@H](O)[C@H]6O)CC[C@]5(C)[C@H]4CC[C@]3(C)[C@H]2[C@@H]1C. The summed E-state index contributed by atoms with van der Waals surface area (Å²) in [4.78, 5) is 0. The van der Waals surface area contributed by atoms with Crippen molar-refractivity contribution >= 4 is 0 Å². The molecular weight excluding hydrogens is 856 g/mol. The largest absolute Gasteiger partial charge is 0.394 e. The van der Waals surface area contributed by atoms with E-state index in [9.17, 15) is 56.2 Å². The Hall–Kier alpha value is -0.760. The minimum Gasteiger partial charge on any atom is -0.394 e. The van der Waals surface area contributed by atoms with Crippen LogP contribution in [0.1, 0.15) is 91.9 Å². The van der Waals surface area contributed by atoms with Crippen molar-refractivity contribution in [1.82, 2.24) is 0 Å². The number of ether oxygens (including phenoxy) is 8. The van der Waals surface area contributed by atoms with Gasteiger partial charge < -0.3 is 94.1 Å². The lowest BCUT2D eigenvalue weighted by Gasteiger charge is -2.61. The summed E-state index contributed by atoms with van der Waals surface area (Å²) in [7, 11) is 1.73. The Kier molecular flexibility index (Phi) is 15.4. The third-order valence-electron chi connectivity index (χ3n) is 18.3. The molecule has 19 nitrogen and oxygen atoms in total. The van der Waals surface area contributed by atoms with Crippen LogP contribution in [0.15, 0.2) is 0 Å². The Morgan fingerprint density at radius 2 is 1.22 bits per heavy atom. The molecule has 8 fully saturated rings. The number of rotatable bonds is 14. The number of aliphatic hydroxyl groups excluding tert-OH is 11. The smallest absolute Gasteiger partial charge is 0.187 e. The van der Waals surface area contributed by atoms with Crippen LogP contribution in [-0.4, -0.2) is 200 Å². The third-order valence-corrected chi connectivity index (χ3v) is 18.3. The molecule has 0 aromatic carbocycles. The maximum atomic E-state index is 11.2. The number of hydrogen-bond donors (Lipinski definition) is 11. The second-order valence-corrected chi connectivity index (χ2v) is 21.6. The summed E-state index contributed by atoms with van der Waals surface area (Å²) in [5.41, 5.74) is 0.150. The van der Waals surface area contributed by atoms with Crippen LogP contribution in [-0.2, 0) is 37.9 Å². The van der Waals surface area contributed by atoms with Crippen molar-refractivity contribution in [2.45, 2.75) is 202 Å². The van der Waals surface area contributed by atoms with Gasteiger partial charge in [-0.3, -0.25) is 0 Å². The summed E-state index contributed by atoms with van der Waals surface area (Å²) in [5.74, 6) is 1.67. The topological polar surface area (TPSA) is 296 Å². The fraction of sp³-hybridized carbons (Fsp3) is 1.00. The lowest BCUT2D eigenvalue weighted by Crippen LogP contribution is -2.65. The van der Waals surface area contributed by atoms with E-state index in [4.69, 9.17) is 37.9 Å². The predicted molar refractivity (Wildman–Crippen MR) is 224 cm³/mol. The molecule has 4 saturated carbocycles. The lowest BCUT2D eigenvalue weighted by molar-refractivity contribution is -0.373. The van der Waals surface area contributed by atoms with Crippen LogP contribution < -0.4 is 0 Å². The minimum absolute atomic E-state index is 0.0271. The van der Waals surface area contributed by atoms with Gasteiger partial charge in [0.05, 0.1) is 38.6 Å². The Labute approximate surface area is 381 Å². The summed E-state index contributed by atoms with van der Waals surface area (Å²) >= 11 is 0. The molecule has 19 heteroatoms. The molecule has 0 unspecified atom stereocenters. The normalized spacial score (nSPS) is 54.9. The van der Waals surface area contributed by atoms with E-state index in [0.29, 0.717) is 48.9 Å². The van der Waals surface area contributed by atoms with Gasteiger partial charge in [-0.25, -0.2) is 0 Å². The van der Waals surface area contributed by atoms with Crippen molar-refractivity contribution in [3.63, 3.8) is 0 Å². The fourth-order valence-electron chi connectivity index (χ4n) is 14.5. The van der Waals surface area contributed by atoms with Crippen LogP contribution >= 0.6 is 0 Å². The van der Waals surface area contributed by atoms with Crippen LogP contribution in [0.25, 0.3) is 0 Å². The van der Waals surface area contributed by atoms with Gasteiger partial charge in [-0.2, -0.15) is 0 Å². The average molecular weight is 935 g/mol. The van der Waals surface area contributed by atoms with Crippen molar-refractivity contribution in [1.29, 1.82) is 0 Å². The van der Waals surface area contributed by atoms with Gasteiger partial charge >= 0.3 is 0 Å². The monoisotopic (exact) mass is 935 g/mol. The quantitative estimate of drug-likeness (QED) is 0.0920. The van der Waals surface area contributed by atoms with Crippen molar-refractivity contribution in [2.75, 3.05) is 33.5 Å². The molecule has 0 bridgehead atoms. The minimum atomic E-state index is -1.74. The molecule has 27 atom stereocenters. The van der Waals surface area contributed by atoms with Crippen molar-refractivity contribution in [3.8, 4) is 0 Å². The van der Waals surface area contributed by atoms with E-state index in [2.05, 4.69) is 20.8 Å². The fourth-order valence-corrected chi connectivity index (χ4v) is 14.5. The molecule has 8 rings (SSSR count). The average Bonchev–Trinajstić information content (AvgIpc) is 3.76. The zero-order valence-corrected chi connectivity index (χ0v) is 38.4. The van der Waals surface area contributed by atoms with Crippen LogP contribution in [0.3, 0.4) is 0 Å². The summed E-state index contributed by atoms with van der Waals surface area (Å²) in [6.45, 7) is 7.69. The van der Waals surface area contributed by atoms with E-state index < -0.39 is 118 Å². The highest BCUT2D eigenvalue weighted by molar-refractivity contribution is 5.15. The van der Waals surface area contributed by atoms with Crippen molar-refractivity contribution in [2.24, 2.45) is 52.3 Å². The molecule has 65 heavy (non-hydrogen) atoms. The van der Waals surface area contributed by atoms with E-state index in [1.807, 2.05) is 6.92 Å². The lowest BCUT2D eigenvalue weighted by atomic mass is 9.44. The van der Waals surface area contributed by atoms with Crippen LogP contribution in [0.5, 0.6) is 0 Å². The molecular formula is C46H78O19. The first kappa shape index (κ1) is 50.6. The van der Waals surface area contributed by atoms with E-state index in [1.165, 1.54) is 0 Å². The predicted octanol–water partition coefficient (Wildman–Crippen LogP) is -1.13. The van der Waals surface area contributed by atoms with E-state index in [1.54, 1.807) is 7.11 Å². The van der Waals surface area contributed by atoms with E-state index in [0.717, 1.165) is 44.9 Å². The molecule has 0 aromatic heterocycles. The van der Waals surface area contributed by atoms with Crippen LogP contribution in [0, 0.1) is 52.3 Å². The van der Waals surface area contributed by atoms with E-state index >= 15 is 0 Å².